The minimum absolute atomic E-state index is 0.532. The molecular weight excluding hydrogens is 961 g/mol. The van der Waals surface area contributed by atoms with Crippen LogP contribution in [0.4, 0.5) is 0 Å². The average molecular weight is 1010 g/mol. The van der Waals surface area contributed by atoms with Gasteiger partial charge in [0.1, 0.15) is 11.6 Å². The van der Waals surface area contributed by atoms with Gasteiger partial charge in [-0.2, -0.15) is 5.26 Å². The molecule has 0 N–H and O–H groups in total. The molecule has 6 heteroatoms. The van der Waals surface area contributed by atoms with E-state index >= 15 is 0 Å². The molecule has 0 aliphatic carbocycles. The SMILES string of the molecule is N#Cc1c(-n2c3ccccc3c3ccccc32)c(-n2c3ccccc3c3ccccc32)c(-c2ccccc2-n2c3ccccc3c3ccccc32)c(-n2c3ccccc3c3ccccc32)c1-n1c2ccccc2c2ccccc21. The van der Waals surface area contributed by atoms with Gasteiger partial charge in [-0.05, 0) is 66.7 Å². The maximum atomic E-state index is 13.0. The van der Waals surface area contributed by atoms with E-state index in [0.29, 0.717) is 5.56 Å². The lowest BCUT2D eigenvalue weighted by atomic mass is 9.92. The van der Waals surface area contributed by atoms with Gasteiger partial charge in [0.05, 0.1) is 83.6 Å². The van der Waals surface area contributed by atoms with Gasteiger partial charge in [-0.25, -0.2) is 0 Å². The fraction of sp³-hybridized carbons (Fsp3) is 0. The summed E-state index contributed by atoms with van der Waals surface area (Å²) in [7, 11) is 0. The summed E-state index contributed by atoms with van der Waals surface area (Å²) >= 11 is 0. The maximum Gasteiger partial charge on any atom is 0.104 e. The van der Waals surface area contributed by atoms with E-state index in [1.807, 2.05) is 0 Å². The summed E-state index contributed by atoms with van der Waals surface area (Å²) < 4.78 is 12.2. The fourth-order valence-electron chi connectivity index (χ4n) is 13.6. The molecule has 0 bridgehead atoms. The van der Waals surface area contributed by atoms with Gasteiger partial charge in [0.15, 0.2) is 0 Å². The fourth-order valence-corrected chi connectivity index (χ4v) is 13.6. The second-order valence-corrected chi connectivity index (χ2v) is 20.6. The van der Waals surface area contributed by atoms with Crippen molar-refractivity contribution in [2.75, 3.05) is 0 Å². The zero-order valence-corrected chi connectivity index (χ0v) is 42.6. The van der Waals surface area contributed by atoms with Crippen molar-refractivity contribution in [3.8, 4) is 45.6 Å². The molecule has 0 atom stereocenters. The number of nitriles is 1. The van der Waals surface area contributed by atoms with Crippen LogP contribution in [0, 0.1) is 11.3 Å². The van der Waals surface area contributed by atoms with Crippen molar-refractivity contribution in [1.29, 1.82) is 5.26 Å². The Kier molecular flexibility index (Phi) is 9.10. The topological polar surface area (TPSA) is 48.4 Å². The number of hydrogen-bond donors (Lipinski definition) is 0. The molecule has 79 heavy (non-hydrogen) atoms. The zero-order valence-electron chi connectivity index (χ0n) is 42.6. The summed E-state index contributed by atoms with van der Waals surface area (Å²) in [5.41, 5.74) is 17.2. The molecule has 17 rings (SSSR count). The van der Waals surface area contributed by atoms with Gasteiger partial charge in [0.25, 0.3) is 0 Å². The van der Waals surface area contributed by atoms with Crippen LogP contribution < -0.4 is 0 Å². The molecule has 5 aromatic heterocycles. The molecule has 0 radical (unpaired) electrons. The molecule has 0 spiro atoms. The van der Waals surface area contributed by atoms with Gasteiger partial charge in [-0.15, -0.1) is 0 Å². The first-order valence-corrected chi connectivity index (χ1v) is 26.9. The Morgan fingerprint density at radius 1 is 0.215 bits per heavy atom. The lowest BCUT2D eigenvalue weighted by molar-refractivity contribution is 1.03. The number of para-hydroxylation sites is 11. The van der Waals surface area contributed by atoms with Gasteiger partial charge in [0.2, 0.25) is 0 Å². The Labute approximate surface area is 452 Å². The predicted molar refractivity (Wildman–Crippen MR) is 328 cm³/mol. The van der Waals surface area contributed by atoms with Crippen LogP contribution in [-0.4, -0.2) is 22.8 Å². The van der Waals surface area contributed by atoms with Crippen LogP contribution in [-0.2, 0) is 0 Å². The van der Waals surface area contributed by atoms with Crippen molar-refractivity contribution in [3.05, 3.63) is 272 Å². The van der Waals surface area contributed by atoms with Gasteiger partial charge in [-0.1, -0.05) is 200 Å². The quantitative estimate of drug-likeness (QED) is 0.164. The number of benzene rings is 12. The summed E-state index contributed by atoms with van der Waals surface area (Å²) in [4.78, 5) is 0. The molecule has 0 fully saturated rings. The highest BCUT2D eigenvalue weighted by molar-refractivity contribution is 6.18. The number of nitrogens with zero attached hydrogens (tertiary/aromatic N) is 6. The maximum absolute atomic E-state index is 13.0. The van der Waals surface area contributed by atoms with E-state index in [2.05, 4.69) is 296 Å². The van der Waals surface area contributed by atoms with Crippen LogP contribution in [0.25, 0.3) is 149 Å². The first kappa shape index (κ1) is 43.4. The first-order valence-electron chi connectivity index (χ1n) is 26.9. The van der Waals surface area contributed by atoms with E-state index in [-0.39, 0.29) is 0 Å². The monoisotopic (exact) mass is 1000 g/mol. The van der Waals surface area contributed by atoms with Crippen molar-refractivity contribution < 1.29 is 0 Å². The second-order valence-electron chi connectivity index (χ2n) is 20.6. The van der Waals surface area contributed by atoms with Crippen LogP contribution in [0.3, 0.4) is 0 Å². The van der Waals surface area contributed by atoms with E-state index in [9.17, 15) is 5.26 Å². The number of hydrogen-bond acceptors (Lipinski definition) is 1. The molecule has 0 saturated heterocycles. The summed E-state index contributed by atoms with van der Waals surface area (Å²) in [5.74, 6) is 0. The van der Waals surface area contributed by atoms with Crippen LogP contribution >= 0.6 is 0 Å². The van der Waals surface area contributed by atoms with Gasteiger partial charge in [0, 0.05) is 65.0 Å². The molecule has 6 nitrogen and oxygen atoms in total. The predicted octanol–water partition coefficient (Wildman–Crippen LogP) is 18.7. The van der Waals surface area contributed by atoms with E-state index in [1.54, 1.807) is 0 Å². The molecule has 0 saturated carbocycles. The smallest absolute Gasteiger partial charge is 0.104 e. The highest BCUT2D eigenvalue weighted by Gasteiger charge is 2.36. The van der Waals surface area contributed by atoms with Crippen LogP contribution in [0.2, 0.25) is 0 Å². The molecule has 5 heterocycles. The third kappa shape index (κ3) is 5.88. The van der Waals surface area contributed by atoms with Crippen molar-refractivity contribution in [3.63, 3.8) is 0 Å². The Morgan fingerprint density at radius 2 is 0.418 bits per heavy atom. The van der Waals surface area contributed by atoms with Gasteiger partial charge < -0.3 is 22.8 Å². The van der Waals surface area contributed by atoms with E-state index in [0.717, 1.165) is 138 Å². The van der Waals surface area contributed by atoms with E-state index < -0.39 is 0 Å². The molecule has 12 aromatic carbocycles. The minimum Gasteiger partial charge on any atom is -0.309 e. The largest absolute Gasteiger partial charge is 0.309 e. The van der Waals surface area contributed by atoms with Crippen LogP contribution in [0.1, 0.15) is 5.56 Å². The van der Waals surface area contributed by atoms with Gasteiger partial charge >= 0.3 is 0 Å². The lowest BCUT2D eigenvalue weighted by Gasteiger charge is -2.30. The first-order chi connectivity index (χ1) is 39.3. The van der Waals surface area contributed by atoms with Crippen molar-refractivity contribution >= 4 is 109 Å². The Bertz CT molecular complexity index is 4950. The standard InChI is InChI=1S/C73H44N6/c74-45-57-70(76-60-36-14-3-25-48(60)49-26-4-15-37-61(49)76)72(78-64-40-18-7-29-52(64)53-30-8-19-41-65(53)78)69(56-33-11-22-44-68(56)75-58-34-12-1-23-46(58)47-24-2-13-35-59(47)75)73(79-66-42-20-9-31-54(66)55-32-10-21-43-67(55)79)71(57)77-62-38-16-5-27-50(62)51-28-6-17-39-63(51)77/h1-44H. The van der Waals surface area contributed by atoms with E-state index in [1.165, 1.54) is 10.8 Å². The number of aromatic nitrogens is 5. The van der Waals surface area contributed by atoms with E-state index in [4.69, 9.17) is 0 Å². The number of fused-ring (bicyclic) bond motifs is 15. The Balaban J connectivity index is 1.24. The highest BCUT2D eigenvalue weighted by atomic mass is 15.1. The molecular formula is C73H44N6. The van der Waals surface area contributed by atoms with Gasteiger partial charge in [-0.3, -0.25) is 0 Å². The minimum atomic E-state index is 0.532. The second kappa shape index (κ2) is 16.6. The molecule has 0 amide bonds. The summed E-state index contributed by atoms with van der Waals surface area (Å²) in [5, 5.41) is 24.2. The number of rotatable bonds is 6. The Hall–Kier alpha value is -10.9. The van der Waals surface area contributed by atoms with Crippen LogP contribution in [0.5, 0.6) is 0 Å². The molecule has 366 valence electrons. The third-order valence-corrected chi connectivity index (χ3v) is 16.7. The third-order valence-electron chi connectivity index (χ3n) is 16.7. The van der Waals surface area contributed by atoms with Crippen molar-refractivity contribution in [2.45, 2.75) is 0 Å². The molecule has 0 aliphatic heterocycles. The Morgan fingerprint density at radius 3 is 0.671 bits per heavy atom. The zero-order chi connectivity index (χ0) is 51.9. The lowest BCUT2D eigenvalue weighted by Crippen LogP contribution is -2.17. The molecule has 0 aliphatic rings. The average Bonchev–Trinajstić information content (AvgIpc) is 3.32. The summed E-state index contributed by atoms with van der Waals surface area (Å²) in [6.45, 7) is 0. The van der Waals surface area contributed by atoms with Crippen LogP contribution in [0.15, 0.2) is 267 Å². The highest BCUT2D eigenvalue weighted by Crippen LogP contribution is 2.53. The summed E-state index contributed by atoms with van der Waals surface area (Å²) in [6, 6.07) is 99.5. The van der Waals surface area contributed by atoms with Crippen molar-refractivity contribution in [2.24, 2.45) is 0 Å². The molecule has 17 aromatic rings. The normalized spacial score (nSPS) is 12.0. The van der Waals surface area contributed by atoms with Crippen molar-refractivity contribution in [1.82, 2.24) is 22.8 Å². The molecule has 0 unspecified atom stereocenters. The summed E-state index contributed by atoms with van der Waals surface area (Å²) in [6.07, 6.45) is 0.